The minimum atomic E-state index is -5.76. The number of hydrogen-bond donors (Lipinski definition) is 8. The van der Waals surface area contributed by atoms with E-state index in [1.807, 2.05) is 4.98 Å². The SMILES string of the molecule is N=CCCc1cn([C@H]2O[C@@H](COP(=O)(O)OP(=O)(O)OP(=O)(O)O)C(O)C2O)c(=O)[nH]c1=O. The molecule has 1 aromatic heterocycles. The molecule has 18 nitrogen and oxygen atoms in total. The Kier molecular flexibility index (Phi) is 8.87. The van der Waals surface area contributed by atoms with Crippen molar-refractivity contribution >= 4 is 29.7 Å². The molecule has 0 spiro atoms. The Bertz CT molecular complexity index is 1130. The van der Waals surface area contributed by atoms with Gasteiger partial charge in [-0.25, -0.2) is 18.5 Å². The smallest absolute Gasteiger partial charge is 0.387 e. The zero-order valence-corrected chi connectivity index (χ0v) is 18.9. The Balaban J connectivity index is 2.13. The number of aliphatic hydroxyl groups excluding tert-OH is 2. The molecule has 0 saturated carbocycles. The number of nitrogens with zero attached hydrogens (tertiary/aromatic N) is 1. The summed E-state index contributed by atoms with van der Waals surface area (Å²) in [5, 5.41) is 27.3. The van der Waals surface area contributed by atoms with E-state index in [4.69, 9.17) is 24.8 Å². The number of aromatic amines is 1. The lowest BCUT2D eigenvalue weighted by Crippen LogP contribution is -2.39. The van der Waals surface area contributed by atoms with Crippen LogP contribution in [-0.2, 0) is 38.0 Å². The minimum absolute atomic E-state index is 0.0557. The molecule has 21 heteroatoms. The minimum Gasteiger partial charge on any atom is -0.387 e. The van der Waals surface area contributed by atoms with Gasteiger partial charge in [0.1, 0.15) is 18.3 Å². The second-order valence-electron chi connectivity index (χ2n) is 6.50. The molecular weight excluding hydrogens is 519 g/mol. The first-order chi connectivity index (χ1) is 15.1. The highest BCUT2D eigenvalue weighted by molar-refractivity contribution is 7.66. The van der Waals surface area contributed by atoms with Crippen molar-refractivity contribution in [2.24, 2.45) is 0 Å². The van der Waals surface area contributed by atoms with Crippen molar-refractivity contribution in [3.63, 3.8) is 0 Å². The van der Waals surface area contributed by atoms with Crippen molar-refractivity contribution in [3.8, 4) is 0 Å². The first kappa shape index (κ1) is 27.9. The molecule has 8 N–H and O–H groups in total. The maximum atomic E-state index is 12.1. The van der Waals surface area contributed by atoms with Gasteiger partial charge in [-0.15, -0.1) is 0 Å². The van der Waals surface area contributed by atoms with Crippen molar-refractivity contribution in [3.05, 3.63) is 32.6 Å². The fourth-order valence-corrected chi connectivity index (χ4v) is 5.72. The number of ether oxygens (including phenoxy) is 1. The predicted octanol–water partition coefficient (Wildman–Crippen LogP) is -1.92. The van der Waals surface area contributed by atoms with E-state index in [0.29, 0.717) is 0 Å². The summed E-state index contributed by atoms with van der Waals surface area (Å²) in [5.74, 6) is 0. The molecular formula is C12H20N3O15P3. The predicted molar refractivity (Wildman–Crippen MR) is 104 cm³/mol. The normalized spacial score (nSPS) is 27.1. The fraction of sp³-hybridized carbons (Fsp3) is 0.583. The van der Waals surface area contributed by atoms with E-state index < -0.39 is 65.9 Å². The van der Waals surface area contributed by atoms with E-state index >= 15 is 0 Å². The van der Waals surface area contributed by atoms with Gasteiger partial charge in [0.15, 0.2) is 6.23 Å². The van der Waals surface area contributed by atoms with E-state index in [1.54, 1.807) is 0 Å². The third-order valence-electron chi connectivity index (χ3n) is 4.03. The van der Waals surface area contributed by atoms with Crippen molar-refractivity contribution in [1.82, 2.24) is 9.55 Å². The first-order valence-electron chi connectivity index (χ1n) is 8.68. The zero-order valence-electron chi connectivity index (χ0n) is 16.2. The van der Waals surface area contributed by atoms with Crippen LogP contribution in [0.2, 0.25) is 0 Å². The standard InChI is InChI=1S/C12H20N3O15P3/c13-3-1-2-6-4-15(12(19)14-10(6)18)11-9(17)8(16)7(28-11)5-27-32(23,24)30-33(25,26)29-31(20,21)22/h3-4,7-9,11,13,16-17H,1-2,5H2,(H,23,24)(H,25,26)(H,14,18,19)(H2,20,21,22)/t7-,8?,9?,11-/m0/s1. The number of rotatable bonds is 11. The Morgan fingerprint density at radius 3 is 2.30 bits per heavy atom. The fourth-order valence-electron chi connectivity index (χ4n) is 2.69. The number of aryl methyl sites for hydroxylation is 1. The number of nitrogens with one attached hydrogen (secondary N) is 2. The van der Waals surface area contributed by atoms with E-state index in [0.717, 1.165) is 17.0 Å². The third-order valence-corrected chi connectivity index (χ3v) is 7.83. The van der Waals surface area contributed by atoms with E-state index in [-0.39, 0.29) is 18.4 Å². The van der Waals surface area contributed by atoms with Crippen LogP contribution in [0, 0.1) is 5.41 Å². The van der Waals surface area contributed by atoms with Crippen LogP contribution in [0.4, 0.5) is 0 Å². The van der Waals surface area contributed by atoms with Gasteiger partial charge in [-0.05, 0) is 19.1 Å². The number of H-pyrrole nitrogens is 1. The number of aliphatic hydroxyl groups is 2. The van der Waals surface area contributed by atoms with Crippen molar-refractivity contribution < 1.29 is 61.4 Å². The number of aromatic nitrogens is 2. The van der Waals surface area contributed by atoms with Crippen LogP contribution in [0.25, 0.3) is 0 Å². The molecule has 1 aliphatic heterocycles. The lowest BCUT2D eigenvalue weighted by molar-refractivity contribution is -0.0543. The van der Waals surface area contributed by atoms with Gasteiger partial charge in [0, 0.05) is 11.8 Å². The van der Waals surface area contributed by atoms with Gasteiger partial charge >= 0.3 is 29.2 Å². The average Bonchev–Trinajstić information content (AvgIpc) is 2.91. The van der Waals surface area contributed by atoms with E-state index in [1.165, 1.54) is 0 Å². The van der Waals surface area contributed by atoms with Crippen LogP contribution >= 0.6 is 23.5 Å². The molecule has 4 unspecified atom stereocenters. The molecule has 0 amide bonds. The van der Waals surface area contributed by atoms with Gasteiger partial charge in [0.2, 0.25) is 0 Å². The Morgan fingerprint density at radius 1 is 1.09 bits per heavy atom. The molecule has 2 rings (SSSR count). The maximum absolute atomic E-state index is 12.1. The third kappa shape index (κ3) is 7.83. The molecule has 1 saturated heterocycles. The van der Waals surface area contributed by atoms with Crippen molar-refractivity contribution in [2.45, 2.75) is 37.4 Å². The monoisotopic (exact) mass is 539 g/mol. The lowest BCUT2D eigenvalue weighted by Gasteiger charge is -2.19. The molecule has 0 aromatic carbocycles. The van der Waals surface area contributed by atoms with Crippen molar-refractivity contribution in [2.75, 3.05) is 6.61 Å². The summed E-state index contributed by atoms with van der Waals surface area (Å²) in [4.78, 5) is 61.5. The highest BCUT2D eigenvalue weighted by atomic mass is 31.3. The second-order valence-corrected chi connectivity index (χ2v) is 10.9. The number of phosphoric ester groups is 1. The highest BCUT2D eigenvalue weighted by Crippen LogP contribution is 2.66. The summed E-state index contributed by atoms with van der Waals surface area (Å²) in [5.41, 5.74) is -1.71. The van der Waals surface area contributed by atoms with E-state index in [9.17, 15) is 38.4 Å². The summed E-state index contributed by atoms with van der Waals surface area (Å²) in [7, 11) is -16.9. The molecule has 33 heavy (non-hydrogen) atoms. The maximum Gasteiger partial charge on any atom is 0.490 e. The van der Waals surface area contributed by atoms with Gasteiger partial charge in [0.25, 0.3) is 5.56 Å². The quantitative estimate of drug-likeness (QED) is 0.112. The Hall–Kier alpha value is -1.36. The summed E-state index contributed by atoms with van der Waals surface area (Å²) in [6.07, 6.45) is -4.55. The summed E-state index contributed by atoms with van der Waals surface area (Å²) in [6.45, 7) is -1.07. The molecule has 0 aliphatic carbocycles. The van der Waals surface area contributed by atoms with Gasteiger partial charge in [-0.1, -0.05) is 0 Å². The molecule has 1 aliphatic rings. The van der Waals surface area contributed by atoms with Crippen LogP contribution < -0.4 is 11.2 Å². The Labute approximate surface area is 183 Å². The number of phosphoric acid groups is 3. The average molecular weight is 539 g/mol. The number of hydrogen-bond acceptors (Lipinski definition) is 12. The van der Waals surface area contributed by atoms with Crippen molar-refractivity contribution in [1.29, 1.82) is 5.41 Å². The van der Waals surface area contributed by atoms with Gasteiger partial charge in [0.05, 0.1) is 6.61 Å². The van der Waals surface area contributed by atoms with Crippen LogP contribution in [0.15, 0.2) is 15.8 Å². The van der Waals surface area contributed by atoms with Crippen LogP contribution in [0.5, 0.6) is 0 Å². The van der Waals surface area contributed by atoms with Crippen LogP contribution in [0.1, 0.15) is 18.2 Å². The van der Waals surface area contributed by atoms with Crippen LogP contribution in [0.3, 0.4) is 0 Å². The molecule has 2 heterocycles. The summed E-state index contributed by atoms with van der Waals surface area (Å²) >= 11 is 0. The second kappa shape index (κ2) is 10.5. The Morgan fingerprint density at radius 2 is 1.73 bits per heavy atom. The molecule has 1 fully saturated rings. The van der Waals surface area contributed by atoms with Gasteiger partial charge in [-0.3, -0.25) is 18.9 Å². The molecule has 6 atom stereocenters. The largest absolute Gasteiger partial charge is 0.490 e. The molecule has 1 aromatic rings. The molecule has 188 valence electrons. The summed E-state index contributed by atoms with van der Waals surface area (Å²) in [6, 6.07) is 0. The highest BCUT2D eigenvalue weighted by Gasteiger charge is 2.46. The van der Waals surface area contributed by atoms with Gasteiger partial charge in [-0.2, -0.15) is 8.62 Å². The molecule has 0 radical (unpaired) electrons. The van der Waals surface area contributed by atoms with Crippen LogP contribution in [-0.4, -0.2) is 70.5 Å². The molecule has 0 bridgehead atoms. The summed E-state index contributed by atoms with van der Waals surface area (Å²) < 4.78 is 51.1. The first-order valence-corrected chi connectivity index (χ1v) is 13.2. The topological polar surface area (TPSA) is 288 Å². The lowest BCUT2D eigenvalue weighted by atomic mass is 10.1. The van der Waals surface area contributed by atoms with Gasteiger partial charge < -0.3 is 39.9 Å². The van der Waals surface area contributed by atoms with E-state index in [2.05, 4.69) is 13.1 Å². The zero-order chi connectivity index (χ0) is 25.2.